The standard InChI is InChI=1S/C32H31N5O3/c1-40-29-12-6-5-11-23(29)14-15-30-34-26-20-24-25(33-27(32(39)35-24)19-22-9-3-2-4-10-22)21-28(26)37(30)18-8-17-36-16-7-13-31(36)38/h2-6,9-12,14-15,20-21H,7-8,13,16-19H2,1H3,(H,35,39)/b15-14+. The molecule has 0 spiro atoms. The molecule has 8 nitrogen and oxygen atoms in total. The number of carbonyl (C=O) groups excluding carboxylic acids is 1. The van der Waals surface area contributed by atoms with E-state index in [1.54, 1.807) is 7.11 Å². The summed E-state index contributed by atoms with van der Waals surface area (Å²) in [5.41, 5.74) is 5.35. The Balaban J connectivity index is 1.39. The van der Waals surface area contributed by atoms with Gasteiger partial charge in [-0.15, -0.1) is 0 Å². The summed E-state index contributed by atoms with van der Waals surface area (Å²) in [6.07, 6.45) is 6.82. The van der Waals surface area contributed by atoms with Crippen LogP contribution in [0.3, 0.4) is 0 Å². The molecule has 3 heterocycles. The van der Waals surface area contributed by atoms with Crippen molar-refractivity contribution in [2.24, 2.45) is 0 Å². The monoisotopic (exact) mass is 533 g/mol. The number of likely N-dealkylation sites (tertiary alicyclic amines) is 1. The molecule has 3 aromatic carbocycles. The Morgan fingerprint density at radius 2 is 1.77 bits per heavy atom. The highest BCUT2D eigenvalue weighted by Crippen LogP contribution is 2.25. The second-order valence-electron chi connectivity index (χ2n) is 10.1. The Morgan fingerprint density at radius 3 is 2.58 bits per heavy atom. The lowest BCUT2D eigenvalue weighted by Crippen LogP contribution is -2.26. The van der Waals surface area contributed by atoms with Gasteiger partial charge >= 0.3 is 0 Å². The van der Waals surface area contributed by atoms with Crippen LogP contribution in [-0.2, 0) is 17.8 Å². The smallest absolute Gasteiger partial charge is 0.270 e. The van der Waals surface area contributed by atoms with Gasteiger partial charge in [0.05, 0.1) is 29.2 Å². The van der Waals surface area contributed by atoms with E-state index in [0.29, 0.717) is 42.7 Å². The minimum Gasteiger partial charge on any atom is -0.496 e. The number of aromatic amines is 1. The van der Waals surface area contributed by atoms with Crippen LogP contribution in [0.1, 0.15) is 41.9 Å². The number of imidazole rings is 1. The number of carbonyl (C=O) groups is 1. The number of nitrogens with zero attached hydrogens (tertiary/aromatic N) is 4. The topological polar surface area (TPSA) is 93.1 Å². The molecule has 1 saturated heterocycles. The van der Waals surface area contributed by atoms with E-state index in [1.807, 2.05) is 83.8 Å². The molecule has 2 aromatic heterocycles. The van der Waals surface area contributed by atoms with Crippen molar-refractivity contribution in [3.05, 3.63) is 99.7 Å². The predicted octanol–water partition coefficient (Wildman–Crippen LogP) is 5.06. The number of benzene rings is 3. The van der Waals surface area contributed by atoms with Gasteiger partial charge in [-0.05, 0) is 48.8 Å². The van der Waals surface area contributed by atoms with E-state index in [2.05, 4.69) is 9.55 Å². The number of H-pyrrole nitrogens is 1. The van der Waals surface area contributed by atoms with Crippen molar-refractivity contribution in [3.8, 4) is 5.75 Å². The maximum atomic E-state index is 12.9. The second kappa shape index (κ2) is 11.2. The molecular formula is C32H31N5O3. The Morgan fingerprint density at radius 1 is 0.950 bits per heavy atom. The van der Waals surface area contributed by atoms with Gasteiger partial charge in [-0.2, -0.15) is 0 Å². The van der Waals surface area contributed by atoms with Crippen molar-refractivity contribution in [2.45, 2.75) is 32.2 Å². The van der Waals surface area contributed by atoms with Crippen LogP contribution in [0.25, 0.3) is 34.2 Å². The normalized spacial score (nSPS) is 13.7. The molecule has 0 bridgehead atoms. The fourth-order valence-electron chi connectivity index (χ4n) is 5.36. The van der Waals surface area contributed by atoms with E-state index in [-0.39, 0.29) is 11.5 Å². The average Bonchev–Trinajstić information content (AvgIpc) is 3.54. The first kappa shape index (κ1) is 25.6. The van der Waals surface area contributed by atoms with Crippen LogP contribution >= 0.6 is 0 Å². The zero-order valence-electron chi connectivity index (χ0n) is 22.5. The van der Waals surface area contributed by atoms with Gasteiger partial charge in [-0.3, -0.25) is 9.59 Å². The van der Waals surface area contributed by atoms with Crippen molar-refractivity contribution < 1.29 is 9.53 Å². The third-order valence-electron chi connectivity index (χ3n) is 7.41. The molecule has 6 rings (SSSR count). The summed E-state index contributed by atoms with van der Waals surface area (Å²) >= 11 is 0. The number of ether oxygens (including phenoxy) is 1. The Bertz CT molecular complexity index is 1770. The SMILES string of the molecule is COc1ccccc1/C=C/c1nc2cc3[nH]c(=O)c(Cc4ccccc4)nc3cc2n1CCCN1CCCC1=O. The van der Waals surface area contributed by atoms with Gasteiger partial charge in [0.25, 0.3) is 5.56 Å². The van der Waals surface area contributed by atoms with Gasteiger partial charge in [0.1, 0.15) is 17.3 Å². The third-order valence-corrected chi connectivity index (χ3v) is 7.41. The van der Waals surface area contributed by atoms with Crippen LogP contribution in [-0.4, -0.2) is 50.5 Å². The summed E-state index contributed by atoms with van der Waals surface area (Å²) < 4.78 is 7.69. The number of para-hydroxylation sites is 1. The molecule has 0 aliphatic carbocycles. The van der Waals surface area contributed by atoms with E-state index >= 15 is 0 Å². The van der Waals surface area contributed by atoms with Crippen molar-refractivity contribution >= 4 is 40.1 Å². The summed E-state index contributed by atoms with van der Waals surface area (Å²) in [6.45, 7) is 2.24. The van der Waals surface area contributed by atoms with E-state index in [1.165, 1.54) is 0 Å². The van der Waals surface area contributed by atoms with E-state index in [9.17, 15) is 9.59 Å². The van der Waals surface area contributed by atoms with Crippen molar-refractivity contribution in [2.75, 3.05) is 20.2 Å². The fourth-order valence-corrected chi connectivity index (χ4v) is 5.36. The minimum atomic E-state index is -0.193. The first-order valence-electron chi connectivity index (χ1n) is 13.6. The lowest BCUT2D eigenvalue weighted by atomic mass is 10.1. The van der Waals surface area contributed by atoms with Crippen LogP contribution in [0.15, 0.2) is 71.5 Å². The first-order valence-corrected chi connectivity index (χ1v) is 13.6. The van der Waals surface area contributed by atoms with Crippen LogP contribution in [0.5, 0.6) is 5.75 Å². The van der Waals surface area contributed by atoms with Gasteiger partial charge in [-0.25, -0.2) is 9.97 Å². The Labute approximate surface area is 232 Å². The Hall–Kier alpha value is -4.72. The molecule has 1 N–H and O–H groups in total. The zero-order chi connectivity index (χ0) is 27.5. The van der Waals surface area contributed by atoms with Gasteiger partial charge in [0, 0.05) is 38.0 Å². The minimum absolute atomic E-state index is 0.193. The highest BCUT2D eigenvalue weighted by atomic mass is 16.5. The largest absolute Gasteiger partial charge is 0.496 e. The maximum absolute atomic E-state index is 12.9. The molecule has 5 aromatic rings. The number of methoxy groups -OCH3 is 1. The highest BCUT2D eigenvalue weighted by molar-refractivity contribution is 5.92. The lowest BCUT2D eigenvalue weighted by Gasteiger charge is -2.16. The summed E-state index contributed by atoms with van der Waals surface area (Å²) in [5.74, 6) is 1.81. The number of hydrogen-bond acceptors (Lipinski definition) is 5. The summed E-state index contributed by atoms with van der Waals surface area (Å²) in [4.78, 5) is 39.7. The van der Waals surface area contributed by atoms with Gasteiger partial charge in [0.2, 0.25) is 5.91 Å². The number of aryl methyl sites for hydroxylation is 1. The summed E-state index contributed by atoms with van der Waals surface area (Å²) in [6, 6.07) is 21.6. The Kier molecular flexibility index (Phi) is 7.14. The molecule has 0 atom stereocenters. The predicted molar refractivity (Wildman–Crippen MR) is 157 cm³/mol. The summed E-state index contributed by atoms with van der Waals surface area (Å²) in [5, 5.41) is 0. The highest BCUT2D eigenvalue weighted by Gasteiger charge is 2.20. The number of aromatic nitrogens is 4. The van der Waals surface area contributed by atoms with Crippen molar-refractivity contribution in [1.82, 2.24) is 24.4 Å². The van der Waals surface area contributed by atoms with Gasteiger partial charge in [0.15, 0.2) is 0 Å². The maximum Gasteiger partial charge on any atom is 0.270 e. The van der Waals surface area contributed by atoms with Crippen LogP contribution in [0, 0.1) is 0 Å². The molecule has 1 fully saturated rings. The van der Waals surface area contributed by atoms with Crippen molar-refractivity contribution in [3.63, 3.8) is 0 Å². The molecule has 0 saturated carbocycles. The van der Waals surface area contributed by atoms with E-state index < -0.39 is 0 Å². The number of rotatable bonds is 9. The zero-order valence-corrected chi connectivity index (χ0v) is 22.5. The van der Waals surface area contributed by atoms with E-state index in [0.717, 1.165) is 53.1 Å². The molecule has 1 aliphatic heterocycles. The third kappa shape index (κ3) is 5.25. The van der Waals surface area contributed by atoms with Crippen LogP contribution in [0.4, 0.5) is 0 Å². The lowest BCUT2D eigenvalue weighted by molar-refractivity contribution is -0.127. The molecule has 40 heavy (non-hydrogen) atoms. The number of nitrogens with one attached hydrogen (secondary N) is 1. The quantitative estimate of drug-likeness (QED) is 0.286. The number of fused-ring (bicyclic) bond motifs is 2. The molecule has 8 heteroatoms. The molecule has 0 unspecified atom stereocenters. The molecule has 1 aliphatic rings. The second-order valence-corrected chi connectivity index (χ2v) is 10.1. The first-order chi connectivity index (χ1) is 19.6. The van der Waals surface area contributed by atoms with Crippen LogP contribution in [0.2, 0.25) is 0 Å². The number of amides is 1. The summed E-state index contributed by atoms with van der Waals surface area (Å²) in [7, 11) is 1.66. The van der Waals surface area contributed by atoms with Crippen LogP contribution < -0.4 is 10.3 Å². The van der Waals surface area contributed by atoms with Crippen molar-refractivity contribution in [1.29, 1.82) is 0 Å². The number of hydrogen-bond donors (Lipinski definition) is 1. The van der Waals surface area contributed by atoms with Gasteiger partial charge in [-0.1, -0.05) is 48.5 Å². The fraction of sp³-hybridized carbons (Fsp3) is 0.250. The molecular weight excluding hydrogens is 502 g/mol. The van der Waals surface area contributed by atoms with E-state index in [4.69, 9.17) is 14.7 Å². The molecule has 0 radical (unpaired) electrons. The van der Waals surface area contributed by atoms with Gasteiger partial charge < -0.3 is 19.2 Å². The molecule has 202 valence electrons. The molecule has 1 amide bonds. The average molecular weight is 534 g/mol.